The molecule has 3 heteroatoms. The zero-order chi connectivity index (χ0) is 13.9. The van der Waals surface area contributed by atoms with E-state index >= 15 is 0 Å². The fourth-order valence-electron chi connectivity index (χ4n) is 2.81. The van der Waals surface area contributed by atoms with Gasteiger partial charge in [-0.25, -0.2) is 4.98 Å². The third-order valence-electron chi connectivity index (χ3n) is 3.79. The minimum atomic E-state index is 0.677. The van der Waals surface area contributed by atoms with Crippen molar-refractivity contribution in [2.45, 2.75) is 26.2 Å². The maximum Gasteiger partial charge on any atom is 0.151 e. The number of pyridine rings is 1. The van der Waals surface area contributed by atoms with Gasteiger partial charge in [0, 0.05) is 17.9 Å². The summed E-state index contributed by atoms with van der Waals surface area (Å²) in [6, 6.07) is 14.5. The van der Waals surface area contributed by atoms with Gasteiger partial charge in [0.1, 0.15) is 6.07 Å². The molecular weight excluding hydrogens is 246 g/mol. The third-order valence-corrected chi connectivity index (χ3v) is 3.79. The van der Waals surface area contributed by atoms with Crippen LogP contribution in [0.15, 0.2) is 36.4 Å². The summed E-state index contributed by atoms with van der Waals surface area (Å²) in [6.07, 6.45) is 3.23. The van der Waals surface area contributed by atoms with Gasteiger partial charge >= 0.3 is 0 Å². The van der Waals surface area contributed by atoms with Crippen LogP contribution >= 0.6 is 0 Å². The molecule has 1 aromatic heterocycles. The number of rotatable bonds is 3. The van der Waals surface area contributed by atoms with Crippen LogP contribution in [0.5, 0.6) is 0 Å². The first kappa shape index (κ1) is 12.7. The molecule has 2 aromatic rings. The predicted octanol–water partition coefficient (Wildman–Crippen LogP) is 3.60. The first-order chi connectivity index (χ1) is 9.83. The monoisotopic (exact) mass is 263 g/mol. The summed E-state index contributed by atoms with van der Waals surface area (Å²) in [6.45, 7) is 2.88. The van der Waals surface area contributed by atoms with Gasteiger partial charge in [0.15, 0.2) is 5.82 Å². The van der Waals surface area contributed by atoms with Gasteiger partial charge in [0.2, 0.25) is 0 Å². The molecule has 100 valence electrons. The zero-order valence-corrected chi connectivity index (χ0v) is 11.6. The molecule has 1 aliphatic carbocycles. The molecule has 20 heavy (non-hydrogen) atoms. The molecule has 0 N–H and O–H groups in total. The summed E-state index contributed by atoms with van der Waals surface area (Å²) < 4.78 is 0. The van der Waals surface area contributed by atoms with E-state index < -0.39 is 0 Å². The van der Waals surface area contributed by atoms with Crippen LogP contribution in [0.1, 0.15) is 30.2 Å². The number of para-hydroxylation sites is 1. The average molecular weight is 263 g/mol. The minimum absolute atomic E-state index is 0.677. The molecule has 0 spiro atoms. The second-order valence-electron chi connectivity index (χ2n) is 5.01. The number of hydrogen-bond acceptors (Lipinski definition) is 3. The van der Waals surface area contributed by atoms with Gasteiger partial charge in [-0.1, -0.05) is 18.2 Å². The second kappa shape index (κ2) is 5.34. The summed E-state index contributed by atoms with van der Waals surface area (Å²) in [4.78, 5) is 6.88. The molecular formula is C17H17N3. The average Bonchev–Trinajstić information content (AvgIpc) is 2.95. The van der Waals surface area contributed by atoms with Crippen LogP contribution in [0.25, 0.3) is 0 Å². The number of anilines is 2. The van der Waals surface area contributed by atoms with Gasteiger partial charge in [-0.2, -0.15) is 5.26 Å². The third kappa shape index (κ3) is 2.14. The highest BCUT2D eigenvalue weighted by Crippen LogP contribution is 2.30. The second-order valence-corrected chi connectivity index (χ2v) is 5.01. The summed E-state index contributed by atoms with van der Waals surface area (Å²) in [5.74, 6) is 0.793. The number of hydrogen-bond donors (Lipinski definition) is 0. The Morgan fingerprint density at radius 2 is 2.05 bits per heavy atom. The molecule has 3 rings (SSSR count). The molecule has 0 bridgehead atoms. The highest BCUT2D eigenvalue weighted by atomic mass is 15.2. The van der Waals surface area contributed by atoms with Crippen molar-refractivity contribution in [1.29, 1.82) is 5.26 Å². The first-order valence-corrected chi connectivity index (χ1v) is 7.09. The molecule has 0 saturated carbocycles. The lowest BCUT2D eigenvalue weighted by atomic mass is 10.1. The molecule has 0 saturated heterocycles. The van der Waals surface area contributed by atoms with E-state index in [9.17, 15) is 5.26 Å². The largest absolute Gasteiger partial charge is 0.326 e. The topological polar surface area (TPSA) is 39.9 Å². The van der Waals surface area contributed by atoms with Crippen LogP contribution in [-0.4, -0.2) is 11.5 Å². The smallest absolute Gasteiger partial charge is 0.151 e. The Morgan fingerprint density at radius 1 is 1.25 bits per heavy atom. The van der Waals surface area contributed by atoms with Gasteiger partial charge in [-0.05, 0) is 49.9 Å². The van der Waals surface area contributed by atoms with Gasteiger partial charge < -0.3 is 4.90 Å². The van der Waals surface area contributed by atoms with Gasteiger partial charge in [0.25, 0.3) is 0 Å². The van der Waals surface area contributed by atoms with E-state index in [1.165, 1.54) is 5.56 Å². The van der Waals surface area contributed by atoms with Crippen LogP contribution < -0.4 is 4.90 Å². The molecule has 0 fully saturated rings. The van der Waals surface area contributed by atoms with Crippen molar-refractivity contribution in [3.05, 3.63) is 53.2 Å². The molecule has 1 heterocycles. The Labute approximate surface area is 119 Å². The Bertz CT molecular complexity index is 656. The van der Waals surface area contributed by atoms with Crippen molar-refractivity contribution in [1.82, 2.24) is 4.98 Å². The Morgan fingerprint density at radius 3 is 2.75 bits per heavy atom. The first-order valence-electron chi connectivity index (χ1n) is 7.09. The van der Waals surface area contributed by atoms with Gasteiger partial charge in [-0.15, -0.1) is 0 Å². The van der Waals surface area contributed by atoms with E-state index in [1.54, 1.807) is 0 Å². The van der Waals surface area contributed by atoms with Crippen LogP contribution in [0.3, 0.4) is 0 Å². The number of nitrogens with zero attached hydrogens (tertiary/aromatic N) is 3. The highest BCUT2D eigenvalue weighted by Gasteiger charge is 2.20. The van der Waals surface area contributed by atoms with E-state index in [2.05, 4.69) is 30.0 Å². The lowest BCUT2D eigenvalue weighted by Crippen LogP contribution is -2.19. The van der Waals surface area contributed by atoms with Crippen molar-refractivity contribution in [3.63, 3.8) is 0 Å². The van der Waals surface area contributed by atoms with Crippen molar-refractivity contribution in [3.8, 4) is 6.07 Å². The Hall–Kier alpha value is -2.34. The molecule has 0 atom stereocenters. The van der Waals surface area contributed by atoms with Crippen molar-refractivity contribution >= 4 is 11.5 Å². The molecule has 1 aromatic carbocycles. The number of aromatic nitrogens is 1. The maximum absolute atomic E-state index is 9.42. The fourth-order valence-corrected chi connectivity index (χ4v) is 2.81. The Balaban J connectivity index is 2.10. The summed E-state index contributed by atoms with van der Waals surface area (Å²) in [5.41, 5.74) is 4.16. The van der Waals surface area contributed by atoms with Gasteiger partial charge in [-0.3, -0.25) is 0 Å². The van der Waals surface area contributed by atoms with E-state index in [0.29, 0.717) is 5.56 Å². The molecule has 0 aliphatic heterocycles. The normalized spacial score (nSPS) is 12.8. The van der Waals surface area contributed by atoms with Crippen LogP contribution in [0.2, 0.25) is 0 Å². The minimum Gasteiger partial charge on any atom is -0.326 e. The number of nitriles is 1. The summed E-state index contributed by atoms with van der Waals surface area (Å²) in [5, 5.41) is 9.42. The van der Waals surface area contributed by atoms with E-state index in [0.717, 1.165) is 43.0 Å². The summed E-state index contributed by atoms with van der Waals surface area (Å²) in [7, 11) is 0. The highest BCUT2D eigenvalue weighted by molar-refractivity contribution is 5.66. The molecule has 0 amide bonds. The fraction of sp³-hybridized carbons (Fsp3) is 0.294. The number of benzene rings is 1. The van der Waals surface area contributed by atoms with Crippen molar-refractivity contribution in [2.24, 2.45) is 0 Å². The quantitative estimate of drug-likeness (QED) is 0.849. The van der Waals surface area contributed by atoms with Crippen molar-refractivity contribution in [2.75, 3.05) is 11.4 Å². The lowest BCUT2D eigenvalue weighted by molar-refractivity contribution is 0.894. The van der Waals surface area contributed by atoms with Crippen LogP contribution in [0, 0.1) is 11.3 Å². The maximum atomic E-state index is 9.42. The standard InChI is InChI=1S/C17H17N3/c1-2-20(15-8-4-3-5-9-15)17-14(12-18)11-13-7-6-10-16(13)19-17/h3-5,8-9,11H,2,6-7,10H2,1H3. The van der Waals surface area contributed by atoms with Crippen LogP contribution in [0.4, 0.5) is 11.5 Å². The number of fused-ring (bicyclic) bond motifs is 1. The summed E-state index contributed by atoms with van der Waals surface area (Å²) >= 11 is 0. The Kier molecular flexibility index (Phi) is 3.39. The molecule has 0 radical (unpaired) electrons. The van der Waals surface area contributed by atoms with Crippen LogP contribution in [-0.2, 0) is 12.8 Å². The predicted molar refractivity (Wildman–Crippen MR) is 80.1 cm³/mol. The SMILES string of the molecule is CCN(c1ccccc1)c1nc2c(cc1C#N)CCC2. The molecule has 1 aliphatic rings. The van der Waals surface area contributed by atoms with Crippen molar-refractivity contribution < 1.29 is 0 Å². The molecule has 0 unspecified atom stereocenters. The van der Waals surface area contributed by atoms with E-state index in [1.807, 2.05) is 24.3 Å². The van der Waals surface area contributed by atoms with E-state index in [-0.39, 0.29) is 0 Å². The van der Waals surface area contributed by atoms with Gasteiger partial charge in [0.05, 0.1) is 5.56 Å². The number of aryl methyl sites for hydroxylation is 2. The zero-order valence-electron chi connectivity index (χ0n) is 11.6. The lowest BCUT2D eigenvalue weighted by Gasteiger charge is -2.23. The molecule has 3 nitrogen and oxygen atoms in total. The van der Waals surface area contributed by atoms with E-state index in [4.69, 9.17) is 4.98 Å².